The standard InChI is InChI=1S/C10H14O/c1-7(2)8-4-5-10(3)9(6-8)11-10/h4-5,8-9H,1,6H2,2-3H3/t8-,9?,10+/m1/s1. The zero-order valence-electron chi connectivity index (χ0n) is 7.13. The molecule has 0 amide bonds. The fourth-order valence-electron chi connectivity index (χ4n) is 1.68. The maximum Gasteiger partial charge on any atom is 0.110 e. The number of hydrogen-bond acceptors (Lipinski definition) is 1. The lowest BCUT2D eigenvalue weighted by Gasteiger charge is -2.15. The highest BCUT2D eigenvalue weighted by Gasteiger charge is 2.52. The van der Waals surface area contributed by atoms with Gasteiger partial charge in [0.05, 0.1) is 6.10 Å². The summed E-state index contributed by atoms with van der Waals surface area (Å²) in [6, 6.07) is 0. The molecule has 0 saturated carbocycles. The molecule has 1 fully saturated rings. The highest BCUT2D eigenvalue weighted by atomic mass is 16.6. The van der Waals surface area contributed by atoms with Crippen LogP contribution in [0.3, 0.4) is 0 Å². The van der Waals surface area contributed by atoms with Crippen molar-refractivity contribution in [2.24, 2.45) is 5.92 Å². The Morgan fingerprint density at radius 1 is 1.73 bits per heavy atom. The smallest absolute Gasteiger partial charge is 0.110 e. The number of epoxide rings is 1. The van der Waals surface area contributed by atoms with Crippen molar-refractivity contribution in [3.05, 3.63) is 24.3 Å². The van der Waals surface area contributed by atoms with Crippen LogP contribution in [-0.4, -0.2) is 11.7 Å². The SMILES string of the molecule is C=C(C)[C@@H]1C=C[C@]2(C)OC2C1. The topological polar surface area (TPSA) is 12.5 Å². The average molecular weight is 150 g/mol. The molecule has 1 heteroatoms. The van der Waals surface area contributed by atoms with Gasteiger partial charge in [0.25, 0.3) is 0 Å². The third-order valence-electron chi connectivity index (χ3n) is 2.74. The van der Waals surface area contributed by atoms with Crippen molar-refractivity contribution in [3.8, 4) is 0 Å². The fraction of sp³-hybridized carbons (Fsp3) is 0.600. The molecule has 0 aromatic heterocycles. The van der Waals surface area contributed by atoms with Gasteiger partial charge in [-0.2, -0.15) is 0 Å². The summed E-state index contributed by atoms with van der Waals surface area (Å²) in [5.74, 6) is 0.551. The van der Waals surface area contributed by atoms with Crippen molar-refractivity contribution >= 4 is 0 Å². The van der Waals surface area contributed by atoms with Crippen LogP contribution in [0, 0.1) is 5.92 Å². The highest BCUT2D eigenvalue weighted by molar-refractivity contribution is 5.24. The molecule has 1 aliphatic carbocycles. The minimum atomic E-state index is 0.0892. The molecule has 11 heavy (non-hydrogen) atoms. The van der Waals surface area contributed by atoms with Gasteiger partial charge in [-0.25, -0.2) is 0 Å². The van der Waals surface area contributed by atoms with Crippen LogP contribution in [-0.2, 0) is 4.74 Å². The van der Waals surface area contributed by atoms with Gasteiger partial charge in [0.2, 0.25) is 0 Å². The number of allylic oxidation sites excluding steroid dienone is 2. The summed E-state index contributed by atoms with van der Waals surface area (Å²) in [5.41, 5.74) is 1.34. The van der Waals surface area contributed by atoms with Crippen LogP contribution in [0.1, 0.15) is 20.3 Å². The van der Waals surface area contributed by atoms with Gasteiger partial charge in [0.15, 0.2) is 0 Å². The molecule has 1 saturated heterocycles. The summed E-state index contributed by atoms with van der Waals surface area (Å²) in [6.07, 6.45) is 6.00. The van der Waals surface area contributed by atoms with Gasteiger partial charge in [-0.05, 0) is 26.2 Å². The summed E-state index contributed by atoms with van der Waals surface area (Å²) in [5, 5.41) is 0. The van der Waals surface area contributed by atoms with Crippen molar-refractivity contribution < 1.29 is 4.74 Å². The van der Waals surface area contributed by atoms with Crippen LogP contribution in [0.4, 0.5) is 0 Å². The Morgan fingerprint density at radius 3 is 3.00 bits per heavy atom. The van der Waals surface area contributed by atoms with E-state index in [1.807, 2.05) is 0 Å². The summed E-state index contributed by atoms with van der Waals surface area (Å²) < 4.78 is 5.52. The van der Waals surface area contributed by atoms with E-state index in [1.54, 1.807) is 0 Å². The van der Waals surface area contributed by atoms with Gasteiger partial charge >= 0.3 is 0 Å². The first-order valence-electron chi connectivity index (χ1n) is 4.14. The van der Waals surface area contributed by atoms with Crippen molar-refractivity contribution in [3.63, 3.8) is 0 Å². The maximum absolute atomic E-state index is 5.52. The van der Waals surface area contributed by atoms with Crippen LogP contribution in [0.15, 0.2) is 24.3 Å². The molecule has 2 aliphatic rings. The second kappa shape index (κ2) is 1.98. The number of hydrogen-bond donors (Lipinski definition) is 0. The Hall–Kier alpha value is -0.560. The summed E-state index contributed by atoms with van der Waals surface area (Å²) >= 11 is 0. The molecule has 1 unspecified atom stereocenters. The average Bonchev–Trinajstić information content (AvgIpc) is 2.58. The van der Waals surface area contributed by atoms with Crippen molar-refractivity contribution in [1.29, 1.82) is 0 Å². The van der Waals surface area contributed by atoms with E-state index < -0.39 is 0 Å². The third kappa shape index (κ3) is 1.04. The minimum Gasteiger partial charge on any atom is -0.362 e. The van der Waals surface area contributed by atoms with Crippen LogP contribution in [0.2, 0.25) is 0 Å². The van der Waals surface area contributed by atoms with Gasteiger partial charge in [-0.3, -0.25) is 0 Å². The zero-order valence-corrected chi connectivity index (χ0v) is 7.13. The maximum atomic E-state index is 5.52. The molecular formula is C10H14O. The first kappa shape index (κ1) is 7.11. The minimum absolute atomic E-state index is 0.0892. The van der Waals surface area contributed by atoms with E-state index in [-0.39, 0.29) is 5.60 Å². The normalized spacial score (nSPS) is 46.7. The first-order valence-corrected chi connectivity index (χ1v) is 4.14. The summed E-state index contributed by atoms with van der Waals surface area (Å²) in [6.45, 7) is 8.17. The quantitative estimate of drug-likeness (QED) is 0.412. The molecule has 0 aromatic carbocycles. The molecule has 0 spiro atoms. The predicted octanol–water partition coefficient (Wildman–Crippen LogP) is 2.30. The van der Waals surface area contributed by atoms with Crippen LogP contribution < -0.4 is 0 Å². The zero-order chi connectivity index (χ0) is 8.06. The molecule has 60 valence electrons. The molecule has 0 bridgehead atoms. The second-order valence-electron chi connectivity index (χ2n) is 3.84. The van der Waals surface area contributed by atoms with E-state index >= 15 is 0 Å². The van der Waals surface area contributed by atoms with Gasteiger partial charge in [-0.1, -0.05) is 24.3 Å². The lowest BCUT2D eigenvalue weighted by Crippen LogP contribution is -2.15. The van der Waals surface area contributed by atoms with Crippen molar-refractivity contribution in [2.75, 3.05) is 0 Å². The molecule has 1 nitrogen and oxygen atoms in total. The summed E-state index contributed by atoms with van der Waals surface area (Å²) in [4.78, 5) is 0. The van der Waals surface area contributed by atoms with E-state index in [1.165, 1.54) is 5.57 Å². The van der Waals surface area contributed by atoms with Crippen LogP contribution in [0.25, 0.3) is 0 Å². The Bertz CT molecular complexity index is 229. The molecule has 0 radical (unpaired) electrons. The molecule has 1 heterocycles. The van der Waals surface area contributed by atoms with E-state index in [0.717, 1.165) is 6.42 Å². The molecular weight excluding hydrogens is 136 g/mol. The monoisotopic (exact) mass is 150 g/mol. The molecule has 0 N–H and O–H groups in total. The number of ether oxygens (including phenoxy) is 1. The van der Waals surface area contributed by atoms with Gasteiger partial charge < -0.3 is 4.74 Å². The number of fused-ring (bicyclic) bond motifs is 1. The largest absolute Gasteiger partial charge is 0.362 e. The van der Waals surface area contributed by atoms with Gasteiger partial charge in [0, 0.05) is 0 Å². The van der Waals surface area contributed by atoms with E-state index in [2.05, 4.69) is 32.6 Å². The van der Waals surface area contributed by atoms with Gasteiger partial charge in [0.1, 0.15) is 5.60 Å². The molecule has 1 aliphatic heterocycles. The molecule has 3 atom stereocenters. The van der Waals surface area contributed by atoms with E-state index in [9.17, 15) is 0 Å². The Labute approximate surface area is 67.7 Å². The van der Waals surface area contributed by atoms with E-state index in [4.69, 9.17) is 4.74 Å². The van der Waals surface area contributed by atoms with E-state index in [0.29, 0.717) is 12.0 Å². The Kier molecular flexibility index (Phi) is 1.28. The van der Waals surface area contributed by atoms with Gasteiger partial charge in [-0.15, -0.1) is 0 Å². The second-order valence-corrected chi connectivity index (χ2v) is 3.84. The molecule has 2 rings (SSSR count). The van der Waals surface area contributed by atoms with Crippen LogP contribution >= 0.6 is 0 Å². The lowest BCUT2D eigenvalue weighted by atomic mass is 9.86. The number of rotatable bonds is 1. The molecule has 0 aromatic rings. The fourth-order valence-corrected chi connectivity index (χ4v) is 1.68. The highest BCUT2D eigenvalue weighted by Crippen LogP contribution is 2.46. The van der Waals surface area contributed by atoms with Crippen molar-refractivity contribution in [2.45, 2.75) is 32.0 Å². The first-order chi connectivity index (χ1) is 5.12. The Morgan fingerprint density at radius 2 is 2.45 bits per heavy atom. The summed E-state index contributed by atoms with van der Waals surface area (Å²) in [7, 11) is 0. The van der Waals surface area contributed by atoms with Crippen LogP contribution in [0.5, 0.6) is 0 Å². The Balaban J connectivity index is 2.12. The predicted molar refractivity (Wildman–Crippen MR) is 45.3 cm³/mol. The lowest BCUT2D eigenvalue weighted by molar-refractivity contribution is 0.339. The van der Waals surface area contributed by atoms with Crippen molar-refractivity contribution in [1.82, 2.24) is 0 Å². The third-order valence-corrected chi connectivity index (χ3v) is 2.74.